The minimum Gasteiger partial charge on any atom is -0.480 e. The largest absolute Gasteiger partial charge is 0.480 e. The Morgan fingerprint density at radius 3 is 2.19 bits per heavy atom. The van der Waals surface area contributed by atoms with E-state index in [9.17, 15) is 14.7 Å². The molecule has 2 aromatic rings. The van der Waals surface area contributed by atoms with Crippen LogP contribution in [0.5, 0.6) is 0 Å². The predicted molar refractivity (Wildman–Crippen MR) is 98.6 cm³/mol. The number of aliphatic carboxylic acids is 1. The number of carbonyl (C=O) groups excluding carboxylic acids is 1. The minimum atomic E-state index is -1.14. The summed E-state index contributed by atoms with van der Waals surface area (Å²) in [6.07, 6.45) is 1.26. The quantitative estimate of drug-likeness (QED) is 0.785. The number of fused-ring (bicyclic) bond motifs is 3. The number of carboxylic acid groups (broad SMARTS) is 1. The smallest absolute Gasteiger partial charge is 0.407 e. The molecule has 1 amide bonds. The van der Waals surface area contributed by atoms with Crippen molar-refractivity contribution in [3.05, 3.63) is 59.7 Å². The highest BCUT2D eigenvalue weighted by Crippen LogP contribution is 2.44. The van der Waals surface area contributed by atoms with Gasteiger partial charge in [0.25, 0.3) is 0 Å². The van der Waals surface area contributed by atoms with Crippen LogP contribution in [0.2, 0.25) is 0 Å². The van der Waals surface area contributed by atoms with Gasteiger partial charge in [-0.15, -0.1) is 0 Å². The average molecular weight is 367 g/mol. The van der Waals surface area contributed by atoms with E-state index in [-0.39, 0.29) is 25.2 Å². The lowest BCUT2D eigenvalue weighted by atomic mass is 9.98. The molecular weight excluding hydrogens is 346 g/mol. The molecule has 1 fully saturated rings. The number of amides is 1. The van der Waals surface area contributed by atoms with E-state index in [0.717, 1.165) is 35.1 Å². The zero-order chi connectivity index (χ0) is 18.8. The predicted octanol–water partition coefficient (Wildman–Crippen LogP) is 3.16. The van der Waals surface area contributed by atoms with Crippen LogP contribution in [0.15, 0.2) is 48.5 Å². The second-order valence-electron chi connectivity index (χ2n) is 6.89. The van der Waals surface area contributed by atoms with Gasteiger partial charge in [-0.25, -0.2) is 9.59 Å². The molecule has 2 aliphatic rings. The molecule has 0 radical (unpaired) electrons. The molecule has 6 heteroatoms. The molecule has 4 rings (SSSR count). The summed E-state index contributed by atoms with van der Waals surface area (Å²) in [5, 5.41) is 11.6. The van der Waals surface area contributed by atoms with Gasteiger partial charge in [0.1, 0.15) is 6.61 Å². The summed E-state index contributed by atoms with van der Waals surface area (Å²) in [4.78, 5) is 23.5. The van der Waals surface area contributed by atoms with Gasteiger partial charge in [-0.05, 0) is 35.1 Å². The molecule has 27 heavy (non-hydrogen) atoms. The van der Waals surface area contributed by atoms with Gasteiger partial charge in [0.05, 0.1) is 12.7 Å². The molecule has 0 aromatic heterocycles. The van der Waals surface area contributed by atoms with E-state index >= 15 is 0 Å². The van der Waals surface area contributed by atoms with Crippen molar-refractivity contribution in [3.63, 3.8) is 0 Å². The maximum atomic E-state index is 12.1. The minimum absolute atomic E-state index is 0.0514. The molecule has 2 aromatic carbocycles. The van der Waals surface area contributed by atoms with Crippen molar-refractivity contribution in [3.8, 4) is 11.1 Å². The molecule has 0 unspecified atom stereocenters. The van der Waals surface area contributed by atoms with E-state index < -0.39 is 18.1 Å². The molecule has 2 aliphatic carbocycles. The lowest BCUT2D eigenvalue weighted by Gasteiger charge is -2.17. The van der Waals surface area contributed by atoms with Crippen molar-refractivity contribution >= 4 is 12.1 Å². The number of nitrogens with one attached hydrogen (secondary N) is 1. The lowest BCUT2D eigenvalue weighted by molar-refractivity contribution is -0.141. The van der Waals surface area contributed by atoms with Crippen molar-refractivity contribution in [2.45, 2.75) is 30.9 Å². The summed E-state index contributed by atoms with van der Waals surface area (Å²) in [6, 6.07) is 15.0. The van der Waals surface area contributed by atoms with Crippen molar-refractivity contribution in [2.75, 3.05) is 13.2 Å². The number of benzene rings is 2. The number of hydrogen-bond donors (Lipinski definition) is 2. The zero-order valence-electron chi connectivity index (χ0n) is 14.8. The summed E-state index contributed by atoms with van der Waals surface area (Å²) in [5.41, 5.74) is 4.50. The molecule has 6 nitrogen and oxygen atoms in total. The van der Waals surface area contributed by atoms with Gasteiger partial charge in [0.2, 0.25) is 0 Å². The molecule has 0 heterocycles. The molecule has 0 spiro atoms. The van der Waals surface area contributed by atoms with E-state index in [4.69, 9.17) is 9.47 Å². The summed E-state index contributed by atoms with van der Waals surface area (Å²) < 4.78 is 10.8. The second-order valence-corrected chi connectivity index (χ2v) is 6.89. The number of hydrogen-bond acceptors (Lipinski definition) is 4. The number of alkyl carbamates (subject to hydrolysis) is 1. The molecule has 0 bridgehead atoms. The molecule has 2 N–H and O–H groups in total. The first kappa shape index (κ1) is 17.5. The standard InChI is InChI=1S/C21H21NO5/c23-20(24)19(12-26-13-9-10-13)22-21(25)27-11-18-16-7-3-1-5-14(16)15-6-2-4-8-17(15)18/h1-8,13,18-19H,9-12H2,(H,22,25)(H,23,24)/t19-/m0/s1. The Balaban J connectivity index is 1.40. The van der Waals surface area contributed by atoms with Gasteiger partial charge in [-0.2, -0.15) is 0 Å². The Kier molecular flexibility index (Phi) is 4.81. The molecule has 1 atom stereocenters. The van der Waals surface area contributed by atoms with Crippen molar-refractivity contribution in [2.24, 2.45) is 0 Å². The number of carboxylic acids is 1. The monoisotopic (exact) mass is 367 g/mol. The number of carbonyl (C=O) groups is 2. The first-order valence-corrected chi connectivity index (χ1v) is 9.09. The fourth-order valence-corrected chi connectivity index (χ4v) is 3.42. The fourth-order valence-electron chi connectivity index (χ4n) is 3.42. The first-order chi connectivity index (χ1) is 13.1. The van der Waals surface area contributed by atoms with Crippen LogP contribution < -0.4 is 5.32 Å². The highest BCUT2D eigenvalue weighted by molar-refractivity contribution is 5.81. The van der Waals surface area contributed by atoms with E-state index in [0.29, 0.717) is 0 Å². The van der Waals surface area contributed by atoms with Gasteiger partial charge < -0.3 is 19.9 Å². The number of rotatable bonds is 7. The van der Waals surface area contributed by atoms with Gasteiger partial charge >= 0.3 is 12.1 Å². The van der Waals surface area contributed by atoms with Gasteiger partial charge in [0, 0.05) is 5.92 Å². The zero-order valence-corrected chi connectivity index (χ0v) is 14.8. The van der Waals surface area contributed by atoms with E-state index in [2.05, 4.69) is 17.4 Å². The number of ether oxygens (including phenoxy) is 2. The Labute approximate surface area is 157 Å². The molecule has 140 valence electrons. The third kappa shape index (κ3) is 3.80. The average Bonchev–Trinajstić information content (AvgIpc) is 3.45. The van der Waals surface area contributed by atoms with Gasteiger partial charge in [-0.1, -0.05) is 48.5 Å². The Morgan fingerprint density at radius 1 is 1.04 bits per heavy atom. The van der Waals surface area contributed by atoms with Crippen LogP contribution in [0, 0.1) is 0 Å². The van der Waals surface area contributed by atoms with Crippen molar-refractivity contribution in [1.29, 1.82) is 0 Å². The van der Waals surface area contributed by atoms with E-state index in [1.54, 1.807) is 0 Å². The molecule has 0 saturated heterocycles. The van der Waals surface area contributed by atoms with Crippen molar-refractivity contribution < 1.29 is 24.2 Å². The summed E-state index contributed by atoms with van der Waals surface area (Å²) in [5.74, 6) is -1.20. The second kappa shape index (κ2) is 7.40. The maximum absolute atomic E-state index is 12.1. The summed E-state index contributed by atoms with van der Waals surface area (Å²) in [6.45, 7) is 0.0971. The normalized spacial score (nSPS) is 16.3. The van der Waals surface area contributed by atoms with E-state index in [1.807, 2.05) is 36.4 Å². The summed E-state index contributed by atoms with van der Waals surface area (Å²) in [7, 11) is 0. The topological polar surface area (TPSA) is 84.9 Å². The molecule has 0 aliphatic heterocycles. The Bertz CT molecular complexity index is 816. The van der Waals surface area contributed by atoms with E-state index in [1.165, 1.54) is 0 Å². The van der Waals surface area contributed by atoms with Crippen LogP contribution in [0.1, 0.15) is 29.9 Å². The van der Waals surface area contributed by atoms with Crippen LogP contribution in [0.25, 0.3) is 11.1 Å². The molecular formula is C21H21NO5. The van der Waals surface area contributed by atoms with Gasteiger partial charge in [-0.3, -0.25) is 0 Å². The Morgan fingerprint density at radius 2 is 1.63 bits per heavy atom. The van der Waals surface area contributed by atoms with Crippen molar-refractivity contribution in [1.82, 2.24) is 5.32 Å². The van der Waals surface area contributed by atoms with Crippen LogP contribution >= 0.6 is 0 Å². The SMILES string of the molecule is O=C(N[C@@H](COC1CC1)C(=O)O)OCC1c2ccccc2-c2ccccc21. The van der Waals surface area contributed by atoms with Crippen LogP contribution in [0.4, 0.5) is 4.79 Å². The third-order valence-corrected chi connectivity index (χ3v) is 4.96. The van der Waals surface area contributed by atoms with Crippen LogP contribution in [-0.2, 0) is 14.3 Å². The fraction of sp³-hybridized carbons (Fsp3) is 0.333. The Hall–Kier alpha value is -2.86. The molecule has 1 saturated carbocycles. The van der Waals surface area contributed by atoms with Gasteiger partial charge in [0.15, 0.2) is 6.04 Å². The third-order valence-electron chi connectivity index (χ3n) is 4.96. The first-order valence-electron chi connectivity index (χ1n) is 9.09. The summed E-state index contributed by atoms with van der Waals surface area (Å²) >= 11 is 0. The van der Waals surface area contributed by atoms with Crippen LogP contribution in [-0.4, -0.2) is 42.5 Å². The lowest BCUT2D eigenvalue weighted by Crippen LogP contribution is -2.44. The maximum Gasteiger partial charge on any atom is 0.407 e. The van der Waals surface area contributed by atoms with Crippen LogP contribution in [0.3, 0.4) is 0 Å². The highest BCUT2D eigenvalue weighted by atomic mass is 16.6. The highest BCUT2D eigenvalue weighted by Gasteiger charge is 2.30.